The minimum absolute atomic E-state index is 0.122. The lowest BCUT2D eigenvalue weighted by Crippen LogP contribution is -2.35. The van der Waals surface area contributed by atoms with Crippen LogP contribution in [0.4, 0.5) is 34.1 Å². The van der Waals surface area contributed by atoms with Crippen molar-refractivity contribution in [3.63, 3.8) is 0 Å². The van der Waals surface area contributed by atoms with Crippen molar-refractivity contribution in [3.05, 3.63) is 119 Å². The Morgan fingerprint density at radius 1 is 0.475 bits per heavy atom. The summed E-state index contributed by atoms with van der Waals surface area (Å²) in [5, 5.41) is 2.51. The fraction of sp³-hybridized carbons (Fsp3) is 0.263. The molecule has 0 saturated carbocycles. The van der Waals surface area contributed by atoms with Gasteiger partial charge in [-0.3, -0.25) is 0 Å². The quantitative estimate of drug-likeness (QED) is 0.223. The molecule has 0 radical (unpaired) electrons. The summed E-state index contributed by atoms with van der Waals surface area (Å²) in [4.78, 5) is 5.00. The van der Waals surface area contributed by atoms with E-state index in [0.717, 1.165) is 0 Å². The summed E-state index contributed by atoms with van der Waals surface area (Å²) in [5.74, 6) is 0. The summed E-state index contributed by atoms with van der Waals surface area (Å²) in [6.07, 6.45) is 2.39. The fourth-order valence-electron chi connectivity index (χ4n) is 6.73. The van der Waals surface area contributed by atoms with Crippen LogP contribution in [0.3, 0.4) is 0 Å². The van der Waals surface area contributed by atoms with E-state index < -0.39 is 0 Å². The number of hydrogen-bond acceptors (Lipinski definition) is 2. The SMILES string of the molecule is Cc1ccc(N2c3cc4c(cc3N(c3ccc(C)cc3)c3cc5ccccc5cc32)C(C)(C)CCC4(C)C)cc1. The zero-order valence-corrected chi connectivity index (χ0v) is 24.5. The van der Waals surface area contributed by atoms with E-state index in [9.17, 15) is 0 Å². The molecule has 0 spiro atoms. The monoisotopic (exact) mass is 522 g/mol. The van der Waals surface area contributed by atoms with Crippen molar-refractivity contribution in [1.82, 2.24) is 0 Å². The predicted molar refractivity (Wildman–Crippen MR) is 172 cm³/mol. The topological polar surface area (TPSA) is 6.48 Å². The molecule has 2 aliphatic rings. The third-order valence-corrected chi connectivity index (χ3v) is 9.34. The summed E-state index contributed by atoms with van der Waals surface area (Å²) >= 11 is 0. The first kappa shape index (κ1) is 25.0. The van der Waals surface area contributed by atoms with Gasteiger partial charge in [-0.1, -0.05) is 87.4 Å². The van der Waals surface area contributed by atoms with Crippen LogP contribution < -0.4 is 9.80 Å². The van der Waals surface area contributed by atoms with Gasteiger partial charge in [0.05, 0.1) is 22.7 Å². The van der Waals surface area contributed by atoms with Crippen molar-refractivity contribution in [2.45, 2.75) is 65.2 Å². The molecule has 1 heterocycles. The molecule has 2 heteroatoms. The van der Waals surface area contributed by atoms with Crippen LogP contribution in [0.25, 0.3) is 10.8 Å². The minimum atomic E-state index is 0.122. The molecule has 7 rings (SSSR count). The summed E-state index contributed by atoms with van der Waals surface area (Å²) in [7, 11) is 0. The Bertz CT molecular complexity index is 1630. The average molecular weight is 523 g/mol. The molecular formula is C38H38N2. The number of benzene rings is 5. The second-order valence-corrected chi connectivity index (χ2v) is 13.2. The van der Waals surface area contributed by atoms with Crippen LogP contribution in [0.1, 0.15) is 62.8 Å². The van der Waals surface area contributed by atoms with Crippen molar-refractivity contribution in [1.29, 1.82) is 0 Å². The Balaban J connectivity index is 1.60. The molecular weight excluding hydrogens is 484 g/mol. The molecule has 0 unspecified atom stereocenters. The molecule has 0 saturated heterocycles. The molecule has 200 valence electrons. The minimum Gasteiger partial charge on any atom is -0.306 e. The molecule has 0 N–H and O–H groups in total. The van der Waals surface area contributed by atoms with Crippen molar-refractivity contribution in [2.75, 3.05) is 9.80 Å². The molecule has 5 aromatic rings. The number of nitrogens with zero attached hydrogens (tertiary/aromatic N) is 2. The van der Waals surface area contributed by atoms with Crippen molar-refractivity contribution >= 4 is 44.9 Å². The first-order valence-electron chi connectivity index (χ1n) is 14.6. The van der Waals surface area contributed by atoms with E-state index in [1.807, 2.05) is 0 Å². The van der Waals surface area contributed by atoms with E-state index in [4.69, 9.17) is 0 Å². The van der Waals surface area contributed by atoms with Gasteiger partial charge in [0.15, 0.2) is 0 Å². The van der Waals surface area contributed by atoms with Crippen LogP contribution >= 0.6 is 0 Å². The lowest BCUT2D eigenvalue weighted by atomic mass is 9.63. The molecule has 0 aromatic heterocycles. The zero-order valence-electron chi connectivity index (χ0n) is 24.5. The van der Waals surface area contributed by atoms with Crippen LogP contribution in [-0.2, 0) is 10.8 Å². The maximum atomic E-state index is 2.52. The van der Waals surface area contributed by atoms with Gasteiger partial charge in [-0.25, -0.2) is 0 Å². The highest BCUT2D eigenvalue weighted by Crippen LogP contribution is 2.58. The molecule has 0 amide bonds. The molecule has 5 aromatic carbocycles. The lowest BCUT2D eigenvalue weighted by molar-refractivity contribution is 0.332. The van der Waals surface area contributed by atoms with Gasteiger partial charge in [-0.2, -0.15) is 0 Å². The number of aryl methyl sites for hydroxylation is 2. The Morgan fingerprint density at radius 3 is 1.20 bits per heavy atom. The second-order valence-electron chi connectivity index (χ2n) is 13.2. The van der Waals surface area contributed by atoms with Crippen LogP contribution in [-0.4, -0.2) is 0 Å². The molecule has 40 heavy (non-hydrogen) atoms. The highest BCUT2D eigenvalue weighted by molar-refractivity contribution is 6.06. The van der Waals surface area contributed by atoms with Gasteiger partial charge in [0, 0.05) is 11.4 Å². The third-order valence-electron chi connectivity index (χ3n) is 9.34. The van der Waals surface area contributed by atoms with E-state index in [-0.39, 0.29) is 10.8 Å². The zero-order chi connectivity index (χ0) is 27.8. The second kappa shape index (κ2) is 8.73. The van der Waals surface area contributed by atoms with Gasteiger partial charge >= 0.3 is 0 Å². The van der Waals surface area contributed by atoms with Gasteiger partial charge in [-0.05, 0) is 108 Å². The summed E-state index contributed by atoms with van der Waals surface area (Å²) in [5.41, 5.74) is 13.1. The van der Waals surface area contributed by atoms with Gasteiger partial charge in [0.1, 0.15) is 0 Å². The summed E-state index contributed by atoms with van der Waals surface area (Å²) in [6, 6.07) is 36.5. The maximum absolute atomic E-state index is 2.52. The number of anilines is 6. The van der Waals surface area contributed by atoms with Crippen molar-refractivity contribution in [2.24, 2.45) is 0 Å². The summed E-state index contributed by atoms with van der Waals surface area (Å²) < 4.78 is 0. The number of hydrogen-bond donors (Lipinski definition) is 0. The van der Waals surface area contributed by atoms with Gasteiger partial charge in [-0.15, -0.1) is 0 Å². The molecule has 0 bridgehead atoms. The van der Waals surface area contributed by atoms with E-state index in [1.165, 1.54) is 80.0 Å². The van der Waals surface area contributed by atoms with Crippen LogP contribution in [0.15, 0.2) is 97.1 Å². The third kappa shape index (κ3) is 3.84. The molecule has 1 aliphatic carbocycles. The Morgan fingerprint density at radius 2 is 0.825 bits per heavy atom. The Labute approximate surface area is 238 Å². The first-order chi connectivity index (χ1) is 19.1. The van der Waals surface area contributed by atoms with Crippen molar-refractivity contribution in [3.8, 4) is 0 Å². The number of fused-ring (bicyclic) bond motifs is 4. The van der Waals surface area contributed by atoms with E-state index >= 15 is 0 Å². The van der Waals surface area contributed by atoms with Crippen LogP contribution in [0.5, 0.6) is 0 Å². The summed E-state index contributed by atoms with van der Waals surface area (Å²) in [6.45, 7) is 14.0. The predicted octanol–water partition coefficient (Wildman–Crippen LogP) is 11.1. The van der Waals surface area contributed by atoms with Gasteiger partial charge in [0.2, 0.25) is 0 Å². The van der Waals surface area contributed by atoms with E-state index in [1.54, 1.807) is 0 Å². The normalized spacial score (nSPS) is 16.9. The lowest BCUT2D eigenvalue weighted by Gasteiger charge is -2.46. The molecule has 0 atom stereocenters. The average Bonchev–Trinajstić information content (AvgIpc) is 2.94. The highest BCUT2D eigenvalue weighted by Gasteiger charge is 2.40. The van der Waals surface area contributed by atoms with E-state index in [0.29, 0.717) is 0 Å². The standard InChI is InChI=1S/C38H38N2/c1-25-11-15-29(16-12-25)39-33-21-27-9-7-8-10-28(27)22-34(33)40(30-17-13-26(2)14-18-30)36-24-32-31(23-35(36)39)37(3,4)19-20-38(32,5)6/h7-18,21-24H,19-20H2,1-6H3. The van der Waals surface area contributed by atoms with Crippen LogP contribution in [0.2, 0.25) is 0 Å². The van der Waals surface area contributed by atoms with E-state index in [2.05, 4.69) is 148 Å². The molecule has 2 nitrogen and oxygen atoms in total. The highest BCUT2D eigenvalue weighted by atomic mass is 15.3. The molecule has 0 fully saturated rings. The van der Waals surface area contributed by atoms with Crippen molar-refractivity contribution < 1.29 is 0 Å². The van der Waals surface area contributed by atoms with Crippen LogP contribution in [0, 0.1) is 13.8 Å². The fourth-order valence-corrected chi connectivity index (χ4v) is 6.73. The smallest absolute Gasteiger partial charge is 0.0709 e. The number of rotatable bonds is 2. The first-order valence-corrected chi connectivity index (χ1v) is 14.6. The largest absolute Gasteiger partial charge is 0.306 e. The molecule has 1 aliphatic heterocycles. The maximum Gasteiger partial charge on any atom is 0.0709 e. The van der Waals surface area contributed by atoms with Gasteiger partial charge < -0.3 is 9.80 Å². The van der Waals surface area contributed by atoms with Gasteiger partial charge in [0.25, 0.3) is 0 Å². The Kier molecular flexibility index (Phi) is 5.45. The Hall–Kier alpha value is -4.04.